The lowest BCUT2D eigenvalue weighted by molar-refractivity contribution is 0.0884. The fourth-order valence-corrected chi connectivity index (χ4v) is 1.21. The van der Waals surface area contributed by atoms with Crippen LogP contribution in [0.15, 0.2) is 18.5 Å². The molecule has 2 atom stereocenters. The van der Waals surface area contributed by atoms with E-state index in [9.17, 15) is 0 Å². The molecule has 1 heterocycles. The molecular weight excluding hydrogens is 178 g/mol. The first kappa shape index (κ1) is 11.2. The van der Waals surface area contributed by atoms with Crippen LogP contribution in [0.5, 0.6) is 0 Å². The van der Waals surface area contributed by atoms with Crippen molar-refractivity contribution < 1.29 is 4.74 Å². The molecule has 14 heavy (non-hydrogen) atoms. The van der Waals surface area contributed by atoms with Crippen LogP contribution in [0.2, 0.25) is 0 Å². The highest BCUT2D eigenvalue weighted by atomic mass is 16.5. The van der Waals surface area contributed by atoms with Crippen LogP contribution in [-0.4, -0.2) is 35.6 Å². The van der Waals surface area contributed by atoms with Crippen molar-refractivity contribution in [2.45, 2.75) is 32.5 Å². The smallest absolute Gasteiger partial charge is 0.0693 e. The van der Waals surface area contributed by atoms with Gasteiger partial charge in [0.05, 0.1) is 12.6 Å². The Balaban J connectivity index is 2.15. The summed E-state index contributed by atoms with van der Waals surface area (Å²) in [5, 5.41) is 7.51. The predicted molar refractivity (Wildman–Crippen MR) is 56.2 cm³/mol. The van der Waals surface area contributed by atoms with Crippen LogP contribution in [0.3, 0.4) is 0 Å². The number of nitrogens with zero attached hydrogens (tertiary/aromatic N) is 2. The zero-order valence-corrected chi connectivity index (χ0v) is 9.10. The first-order valence-electron chi connectivity index (χ1n) is 4.97. The largest absolute Gasteiger partial charge is 0.380 e. The second-order valence-electron chi connectivity index (χ2n) is 3.45. The van der Waals surface area contributed by atoms with E-state index in [0.717, 1.165) is 13.1 Å². The van der Waals surface area contributed by atoms with E-state index < -0.39 is 0 Å². The number of ether oxygens (including phenoxy) is 1. The molecule has 0 radical (unpaired) electrons. The van der Waals surface area contributed by atoms with Gasteiger partial charge in [-0.05, 0) is 19.9 Å². The lowest BCUT2D eigenvalue weighted by Crippen LogP contribution is -2.38. The highest BCUT2D eigenvalue weighted by Gasteiger charge is 2.09. The monoisotopic (exact) mass is 197 g/mol. The molecule has 0 aliphatic heterocycles. The van der Waals surface area contributed by atoms with Gasteiger partial charge in [-0.15, -0.1) is 0 Å². The summed E-state index contributed by atoms with van der Waals surface area (Å²) in [6.45, 7) is 5.99. The standard InChI is InChI=1S/C10H19N3O/c1-9(10(2)14-3)11-6-8-13-7-4-5-12-13/h4-5,7,9-11H,6,8H2,1-3H3. The van der Waals surface area contributed by atoms with E-state index in [0.29, 0.717) is 6.04 Å². The molecule has 0 aliphatic carbocycles. The van der Waals surface area contributed by atoms with E-state index in [1.165, 1.54) is 0 Å². The summed E-state index contributed by atoms with van der Waals surface area (Å²) in [4.78, 5) is 0. The minimum atomic E-state index is 0.243. The molecule has 0 saturated heterocycles. The Morgan fingerprint density at radius 2 is 2.29 bits per heavy atom. The second kappa shape index (κ2) is 5.78. The fourth-order valence-electron chi connectivity index (χ4n) is 1.21. The zero-order valence-electron chi connectivity index (χ0n) is 9.10. The number of hydrogen-bond donors (Lipinski definition) is 1. The highest BCUT2D eigenvalue weighted by Crippen LogP contribution is 1.95. The molecule has 4 heteroatoms. The van der Waals surface area contributed by atoms with Gasteiger partial charge >= 0.3 is 0 Å². The number of aromatic nitrogens is 2. The molecule has 4 nitrogen and oxygen atoms in total. The molecule has 2 unspecified atom stereocenters. The molecule has 0 saturated carbocycles. The normalized spacial score (nSPS) is 15.4. The lowest BCUT2D eigenvalue weighted by Gasteiger charge is -2.19. The summed E-state index contributed by atoms with van der Waals surface area (Å²) in [5.41, 5.74) is 0. The van der Waals surface area contributed by atoms with Gasteiger partial charge in [0.15, 0.2) is 0 Å². The first-order valence-corrected chi connectivity index (χ1v) is 4.97. The molecule has 0 aliphatic rings. The maximum absolute atomic E-state index is 5.21. The first-order chi connectivity index (χ1) is 6.74. The highest BCUT2D eigenvalue weighted by molar-refractivity contribution is 4.78. The number of methoxy groups -OCH3 is 1. The van der Waals surface area contributed by atoms with Gasteiger partial charge in [-0.2, -0.15) is 5.10 Å². The predicted octanol–water partition coefficient (Wildman–Crippen LogP) is 0.896. The maximum Gasteiger partial charge on any atom is 0.0693 e. The van der Waals surface area contributed by atoms with Crippen LogP contribution >= 0.6 is 0 Å². The molecule has 0 amide bonds. The molecule has 80 valence electrons. The topological polar surface area (TPSA) is 39.1 Å². The SMILES string of the molecule is COC(C)C(C)NCCn1cccn1. The summed E-state index contributed by atoms with van der Waals surface area (Å²) in [6, 6.07) is 2.30. The van der Waals surface area contributed by atoms with E-state index in [1.807, 2.05) is 16.9 Å². The van der Waals surface area contributed by atoms with Crippen molar-refractivity contribution in [2.75, 3.05) is 13.7 Å². The van der Waals surface area contributed by atoms with Crippen molar-refractivity contribution >= 4 is 0 Å². The van der Waals surface area contributed by atoms with Crippen LogP contribution in [0.4, 0.5) is 0 Å². The van der Waals surface area contributed by atoms with E-state index in [2.05, 4.69) is 24.3 Å². The van der Waals surface area contributed by atoms with Crippen molar-refractivity contribution in [3.05, 3.63) is 18.5 Å². The molecular formula is C10H19N3O. The molecule has 0 bridgehead atoms. The summed E-state index contributed by atoms with van der Waals surface area (Å²) in [7, 11) is 1.73. The molecule has 1 aromatic rings. The molecule has 0 fully saturated rings. The van der Waals surface area contributed by atoms with Crippen LogP contribution < -0.4 is 5.32 Å². The molecule has 0 spiro atoms. The van der Waals surface area contributed by atoms with Crippen molar-refractivity contribution in [1.29, 1.82) is 0 Å². The van der Waals surface area contributed by atoms with Crippen molar-refractivity contribution in [3.63, 3.8) is 0 Å². The second-order valence-corrected chi connectivity index (χ2v) is 3.45. The summed E-state index contributed by atoms with van der Waals surface area (Å²) < 4.78 is 7.13. The average molecular weight is 197 g/mol. The average Bonchev–Trinajstić information content (AvgIpc) is 2.69. The quantitative estimate of drug-likeness (QED) is 0.736. The third-order valence-corrected chi connectivity index (χ3v) is 2.44. The fraction of sp³-hybridized carbons (Fsp3) is 0.700. The van der Waals surface area contributed by atoms with Crippen molar-refractivity contribution in [2.24, 2.45) is 0 Å². The van der Waals surface area contributed by atoms with Gasteiger partial charge in [-0.1, -0.05) is 0 Å². The van der Waals surface area contributed by atoms with Crippen molar-refractivity contribution in [3.8, 4) is 0 Å². The lowest BCUT2D eigenvalue weighted by atomic mass is 10.2. The van der Waals surface area contributed by atoms with Gasteiger partial charge in [0.25, 0.3) is 0 Å². The van der Waals surface area contributed by atoms with Gasteiger partial charge in [0.2, 0.25) is 0 Å². The Labute approximate surface area is 85.3 Å². The number of rotatable bonds is 6. The van der Waals surface area contributed by atoms with E-state index in [4.69, 9.17) is 4.74 Å². The molecule has 1 rings (SSSR count). The van der Waals surface area contributed by atoms with Crippen LogP contribution in [-0.2, 0) is 11.3 Å². The number of hydrogen-bond acceptors (Lipinski definition) is 3. The van der Waals surface area contributed by atoms with Gasteiger partial charge < -0.3 is 10.1 Å². The Bertz CT molecular complexity index is 236. The Kier molecular flexibility index (Phi) is 4.62. The Morgan fingerprint density at radius 3 is 2.86 bits per heavy atom. The Morgan fingerprint density at radius 1 is 1.50 bits per heavy atom. The van der Waals surface area contributed by atoms with Crippen LogP contribution in [0, 0.1) is 0 Å². The van der Waals surface area contributed by atoms with Crippen LogP contribution in [0.1, 0.15) is 13.8 Å². The third-order valence-electron chi connectivity index (χ3n) is 2.44. The van der Waals surface area contributed by atoms with Gasteiger partial charge in [-0.25, -0.2) is 0 Å². The maximum atomic E-state index is 5.21. The van der Waals surface area contributed by atoms with Gasteiger partial charge in [-0.3, -0.25) is 4.68 Å². The zero-order chi connectivity index (χ0) is 10.4. The van der Waals surface area contributed by atoms with E-state index >= 15 is 0 Å². The minimum Gasteiger partial charge on any atom is -0.380 e. The van der Waals surface area contributed by atoms with Crippen molar-refractivity contribution in [1.82, 2.24) is 15.1 Å². The Hall–Kier alpha value is -0.870. The number of nitrogens with one attached hydrogen (secondary N) is 1. The van der Waals surface area contributed by atoms with Gasteiger partial charge in [0.1, 0.15) is 0 Å². The van der Waals surface area contributed by atoms with Crippen LogP contribution in [0.25, 0.3) is 0 Å². The summed E-state index contributed by atoms with van der Waals surface area (Å²) in [6.07, 6.45) is 4.00. The summed E-state index contributed by atoms with van der Waals surface area (Å²) in [5.74, 6) is 0. The third kappa shape index (κ3) is 3.47. The van der Waals surface area contributed by atoms with E-state index in [-0.39, 0.29) is 6.10 Å². The molecule has 0 aromatic carbocycles. The minimum absolute atomic E-state index is 0.243. The molecule has 1 N–H and O–H groups in total. The van der Waals surface area contributed by atoms with Gasteiger partial charge in [0, 0.05) is 32.1 Å². The van der Waals surface area contributed by atoms with E-state index in [1.54, 1.807) is 13.3 Å². The summed E-state index contributed by atoms with van der Waals surface area (Å²) >= 11 is 0. The molecule has 1 aromatic heterocycles.